The standard InChI is InChI=1S/C9H13N3O/c10-7-1-3-11-9(5-7)12-4-2-8(13)6-12/h1,3,5,8,13H,2,4,6H2,(H2,10,11). The van der Waals surface area contributed by atoms with Crippen LogP contribution >= 0.6 is 0 Å². The lowest BCUT2D eigenvalue weighted by molar-refractivity contribution is 0.198. The van der Waals surface area contributed by atoms with Crippen LogP contribution in [0.15, 0.2) is 18.3 Å². The monoisotopic (exact) mass is 179 g/mol. The molecule has 0 aromatic carbocycles. The van der Waals surface area contributed by atoms with Gasteiger partial charge in [-0.1, -0.05) is 0 Å². The zero-order valence-electron chi connectivity index (χ0n) is 7.35. The molecule has 2 rings (SSSR count). The lowest BCUT2D eigenvalue weighted by Crippen LogP contribution is -2.22. The van der Waals surface area contributed by atoms with Crippen LogP contribution < -0.4 is 10.6 Å². The third-order valence-corrected chi connectivity index (χ3v) is 2.26. The third-order valence-electron chi connectivity index (χ3n) is 2.26. The fourth-order valence-electron chi connectivity index (χ4n) is 1.56. The Kier molecular flexibility index (Phi) is 2.06. The number of nitrogens with two attached hydrogens (primary N) is 1. The maximum atomic E-state index is 9.33. The highest BCUT2D eigenvalue weighted by atomic mass is 16.3. The van der Waals surface area contributed by atoms with Gasteiger partial charge in [-0.05, 0) is 12.5 Å². The lowest BCUT2D eigenvalue weighted by Gasteiger charge is -2.16. The molecule has 0 aliphatic carbocycles. The van der Waals surface area contributed by atoms with Crippen molar-refractivity contribution >= 4 is 11.5 Å². The third kappa shape index (κ3) is 1.72. The van der Waals surface area contributed by atoms with E-state index in [1.165, 1.54) is 0 Å². The molecule has 0 spiro atoms. The van der Waals surface area contributed by atoms with Crippen molar-refractivity contribution in [2.24, 2.45) is 0 Å². The molecular formula is C9H13N3O. The van der Waals surface area contributed by atoms with Gasteiger partial charge in [-0.25, -0.2) is 4.98 Å². The van der Waals surface area contributed by atoms with Crippen LogP contribution in [-0.4, -0.2) is 29.3 Å². The number of hydrogen-bond donors (Lipinski definition) is 2. The van der Waals surface area contributed by atoms with E-state index in [9.17, 15) is 5.11 Å². The highest BCUT2D eigenvalue weighted by Crippen LogP contribution is 2.19. The van der Waals surface area contributed by atoms with Gasteiger partial charge in [0.1, 0.15) is 5.82 Å². The minimum absolute atomic E-state index is 0.219. The molecule has 1 saturated heterocycles. The van der Waals surface area contributed by atoms with Crippen molar-refractivity contribution in [3.8, 4) is 0 Å². The highest BCUT2D eigenvalue weighted by Gasteiger charge is 2.20. The molecule has 1 aliphatic rings. The van der Waals surface area contributed by atoms with Crippen molar-refractivity contribution in [2.75, 3.05) is 23.7 Å². The number of nitrogens with zero attached hydrogens (tertiary/aromatic N) is 2. The maximum Gasteiger partial charge on any atom is 0.130 e. The fourth-order valence-corrected chi connectivity index (χ4v) is 1.56. The quantitative estimate of drug-likeness (QED) is 0.648. The van der Waals surface area contributed by atoms with Gasteiger partial charge in [0.15, 0.2) is 0 Å². The van der Waals surface area contributed by atoms with Gasteiger partial charge >= 0.3 is 0 Å². The molecule has 13 heavy (non-hydrogen) atoms. The molecule has 1 aliphatic heterocycles. The van der Waals surface area contributed by atoms with Crippen LogP contribution in [0.3, 0.4) is 0 Å². The van der Waals surface area contributed by atoms with E-state index in [0.29, 0.717) is 12.2 Å². The molecule has 2 heterocycles. The molecule has 0 saturated carbocycles. The van der Waals surface area contributed by atoms with E-state index >= 15 is 0 Å². The van der Waals surface area contributed by atoms with Crippen LogP contribution in [0.1, 0.15) is 6.42 Å². The van der Waals surface area contributed by atoms with Gasteiger partial charge in [-0.15, -0.1) is 0 Å². The molecule has 1 aromatic heterocycles. The lowest BCUT2D eigenvalue weighted by atomic mass is 10.3. The molecular weight excluding hydrogens is 166 g/mol. The summed E-state index contributed by atoms with van der Waals surface area (Å²) in [6.07, 6.45) is 2.29. The first-order chi connectivity index (χ1) is 6.25. The number of aromatic nitrogens is 1. The zero-order valence-corrected chi connectivity index (χ0v) is 7.35. The number of β-amino-alcohol motifs (C(OH)–C–C–N with tert-alkyl or cyclic N) is 1. The Morgan fingerprint density at radius 3 is 3.08 bits per heavy atom. The molecule has 1 unspecified atom stereocenters. The van der Waals surface area contributed by atoms with E-state index in [4.69, 9.17) is 5.73 Å². The van der Waals surface area contributed by atoms with Crippen LogP contribution in [0.4, 0.5) is 11.5 Å². The number of anilines is 2. The summed E-state index contributed by atoms with van der Waals surface area (Å²) in [7, 11) is 0. The molecule has 1 aromatic rings. The van der Waals surface area contributed by atoms with E-state index in [2.05, 4.69) is 4.98 Å². The summed E-state index contributed by atoms with van der Waals surface area (Å²) in [5.41, 5.74) is 6.35. The maximum absolute atomic E-state index is 9.33. The van der Waals surface area contributed by atoms with Gasteiger partial charge in [0.2, 0.25) is 0 Å². The average Bonchev–Trinajstić information content (AvgIpc) is 2.52. The SMILES string of the molecule is Nc1ccnc(N2CCC(O)C2)c1. The Labute approximate surface area is 77.0 Å². The van der Waals surface area contributed by atoms with Crippen LogP contribution in [0.2, 0.25) is 0 Å². The summed E-state index contributed by atoms with van der Waals surface area (Å²) in [4.78, 5) is 6.23. The second kappa shape index (κ2) is 3.22. The summed E-state index contributed by atoms with van der Waals surface area (Å²) in [5, 5.41) is 9.33. The van der Waals surface area contributed by atoms with Crippen molar-refractivity contribution in [2.45, 2.75) is 12.5 Å². The van der Waals surface area contributed by atoms with Gasteiger partial charge in [0.05, 0.1) is 6.10 Å². The number of pyridine rings is 1. The van der Waals surface area contributed by atoms with Gasteiger partial charge in [-0.2, -0.15) is 0 Å². The van der Waals surface area contributed by atoms with Crippen molar-refractivity contribution in [1.29, 1.82) is 0 Å². The molecule has 1 fully saturated rings. The zero-order chi connectivity index (χ0) is 9.26. The van der Waals surface area contributed by atoms with Crippen molar-refractivity contribution < 1.29 is 5.11 Å². The smallest absolute Gasteiger partial charge is 0.130 e. The first-order valence-electron chi connectivity index (χ1n) is 4.40. The highest BCUT2D eigenvalue weighted by molar-refractivity contribution is 5.50. The molecule has 4 nitrogen and oxygen atoms in total. The van der Waals surface area contributed by atoms with Gasteiger partial charge < -0.3 is 15.7 Å². The number of rotatable bonds is 1. The second-order valence-corrected chi connectivity index (χ2v) is 3.34. The number of hydrogen-bond acceptors (Lipinski definition) is 4. The predicted molar refractivity (Wildman–Crippen MR) is 51.5 cm³/mol. The van der Waals surface area contributed by atoms with Crippen LogP contribution in [0.5, 0.6) is 0 Å². The molecule has 70 valence electrons. The molecule has 0 bridgehead atoms. The summed E-state index contributed by atoms with van der Waals surface area (Å²) in [5.74, 6) is 0.858. The Morgan fingerprint density at radius 2 is 2.46 bits per heavy atom. The molecule has 3 N–H and O–H groups in total. The first kappa shape index (κ1) is 8.31. The van der Waals surface area contributed by atoms with E-state index in [-0.39, 0.29) is 6.10 Å². The van der Waals surface area contributed by atoms with Crippen LogP contribution in [0, 0.1) is 0 Å². The van der Waals surface area contributed by atoms with E-state index < -0.39 is 0 Å². The first-order valence-corrected chi connectivity index (χ1v) is 4.40. The minimum Gasteiger partial charge on any atom is -0.399 e. The topological polar surface area (TPSA) is 62.4 Å². The Bertz CT molecular complexity index is 303. The van der Waals surface area contributed by atoms with E-state index in [0.717, 1.165) is 18.8 Å². The molecule has 0 amide bonds. The number of nitrogen functional groups attached to an aromatic ring is 1. The van der Waals surface area contributed by atoms with Crippen molar-refractivity contribution in [3.05, 3.63) is 18.3 Å². The Balaban J connectivity index is 2.16. The van der Waals surface area contributed by atoms with Crippen molar-refractivity contribution in [1.82, 2.24) is 4.98 Å². The van der Waals surface area contributed by atoms with Crippen LogP contribution in [-0.2, 0) is 0 Å². The predicted octanol–water partition coefficient (Wildman–Crippen LogP) is 0.235. The number of aliphatic hydroxyl groups excluding tert-OH is 1. The van der Waals surface area contributed by atoms with Gasteiger partial charge in [-0.3, -0.25) is 0 Å². The largest absolute Gasteiger partial charge is 0.399 e. The van der Waals surface area contributed by atoms with Crippen molar-refractivity contribution in [3.63, 3.8) is 0 Å². The normalized spacial score (nSPS) is 22.2. The molecule has 4 heteroatoms. The van der Waals surface area contributed by atoms with Gasteiger partial charge in [0, 0.05) is 31.0 Å². The average molecular weight is 179 g/mol. The van der Waals surface area contributed by atoms with E-state index in [1.807, 2.05) is 11.0 Å². The molecule has 1 atom stereocenters. The minimum atomic E-state index is -0.219. The van der Waals surface area contributed by atoms with Crippen LogP contribution in [0.25, 0.3) is 0 Å². The second-order valence-electron chi connectivity index (χ2n) is 3.34. The summed E-state index contributed by atoms with van der Waals surface area (Å²) < 4.78 is 0. The summed E-state index contributed by atoms with van der Waals surface area (Å²) >= 11 is 0. The van der Waals surface area contributed by atoms with Gasteiger partial charge in [0.25, 0.3) is 0 Å². The fraction of sp³-hybridized carbons (Fsp3) is 0.444. The number of aliphatic hydroxyl groups is 1. The van der Waals surface area contributed by atoms with E-state index in [1.54, 1.807) is 12.3 Å². The summed E-state index contributed by atoms with van der Waals surface area (Å²) in [6.45, 7) is 1.52. The molecule has 0 radical (unpaired) electrons. The summed E-state index contributed by atoms with van der Waals surface area (Å²) in [6, 6.07) is 3.59. The Hall–Kier alpha value is -1.29. The Morgan fingerprint density at radius 1 is 1.62 bits per heavy atom.